The van der Waals surface area contributed by atoms with E-state index in [1.54, 1.807) is 18.2 Å². The standard InChI is InChI=1S/C11H12Br2ClNO/c1-2-8(6-12)15-11(16)9-5-7(13)3-4-10(9)14/h3-5,8H,2,6H2,1H3,(H,15,16). The fraction of sp³-hybridized carbons (Fsp3) is 0.364. The molecular formula is C11H12Br2ClNO. The van der Waals surface area contributed by atoms with E-state index in [1.165, 1.54) is 0 Å². The third-order valence-corrected chi connectivity index (χ3v) is 3.79. The van der Waals surface area contributed by atoms with Crippen LogP contribution in [-0.4, -0.2) is 17.3 Å². The zero-order valence-electron chi connectivity index (χ0n) is 8.77. The van der Waals surface area contributed by atoms with Crippen LogP contribution < -0.4 is 5.32 Å². The van der Waals surface area contributed by atoms with Crippen LogP contribution in [0, 0.1) is 0 Å². The van der Waals surface area contributed by atoms with Crippen molar-refractivity contribution in [2.45, 2.75) is 19.4 Å². The molecule has 0 aliphatic heterocycles. The second-order valence-electron chi connectivity index (χ2n) is 3.36. The largest absolute Gasteiger partial charge is 0.348 e. The topological polar surface area (TPSA) is 29.1 Å². The molecule has 1 rings (SSSR count). The van der Waals surface area contributed by atoms with Gasteiger partial charge in [0, 0.05) is 15.8 Å². The summed E-state index contributed by atoms with van der Waals surface area (Å²) in [6, 6.07) is 5.36. The monoisotopic (exact) mass is 367 g/mol. The highest BCUT2D eigenvalue weighted by molar-refractivity contribution is 9.10. The summed E-state index contributed by atoms with van der Waals surface area (Å²) < 4.78 is 0.842. The van der Waals surface area contributed by atoms with Crippen molar-refractivity contribution in [2.24, 2.45) is 0 Å². The maximum absolute atomic E-state index is 11.9. The van der Waals surface area contributed by atoms with Crippen LogP contribution in [0.3, 0.4) is 0 Å². The molecule has 0 radical (unpaired) electrons. The Morgan fingerprint density at radius 2 is 2.25 bits per heavy atom. The summed E-state index contributed by atoms with van der Waals surface area (Å²) in [6.07, 6.45) is 0.878. The van der Waals surface area contributed by atoms with E-state index in [0.717, 1.165) is 16.2 Å². The first-order valence-electron chi connectivity index (χ1n) is 4.90. The lowest BCUT2D eigenvalue weighted by atomic mass is 10.2. The molecule has 0 saturated carbocycles. The Bertz CT molecular complexity index is 380. The van der Waals surface area contributed by atoms with Crippen LogP contribution in [0.5, 0.6) is 0 Å². The molecule has 0 aliphatic carbocycles. The van der Waals surface area contributed by atoms with Gasteiger partial charge < -0.3 is 5.32 Å². The summed E-state index contributed by atoms with van der Waals surface area (Å²) in [4.78, 5) is 11.9. The molecule has 88 valence electrons. The molecule has 0 spiro atoms. The van der Waals surface area contributed by atoms with Crippen LogP contribution in [0.15, 0.2) is 22.7 Å². The highest BCUT2D eigenvalue weighted by Gasteiger charge is 2.14. The van der Waals surface area contributed by atoms with Crippen molar-refractivity contribution in [2.75, 3.05) is 5.33 Å². The highest BCUT2D eigenvalue weighted by Crippen LogP contribution is 2.21. The number of alkyl halides is 1. The zero-order valence-corrected chi connectivity index (χ0v) is 12.7. The van der Waals surface area contributed by atoms with Crippen molar-refractivity contribution < 1.29 is 4.79 Å². The van der Waals surface area contributed by atoms with Gasteiger partial charge in [-0.1, -0.05) is 50.4 Å². The first-order valence-corrected chi connectivity index (χ1v) is 7.19. The molecular weight excluding hydrogens is 357 g/mol. The van der Waals surface area contributed by atoms with Gasteiger partial charge in [0.05, 0.1) is 10.6 Å². The average Bonchev–Trinajstić information content (AvgIpc) is 2.28. The lowest BCUT2D eigenvalue weighted by Crippen LogP contribution is -2.35. The number of benzene rings is 1. The lowest BCUT2D eigenvalue weighted by Gasteiger charge is -2.14. The normalized spacial score (nSPS) is 12.2. The minimum absolute atomic E-state index is 0.127. The lowest BCUT2D eigenvalue weighted by molar-refractivity contribution is 0.0940. The van der Waals surface area contributed by atoms with Gasteiger partial charge in [-0.3, -0.25) is 4.79 Å². The molecule has 5 heteroatoms. The Labute approximate surface area is 117 Å². The second kappa shape index (κ2) is 6.62. The fourth-order valence-electron chi connectivity index (χ4n) is 1.18. The first-order chi connectivity index (χ1) is 7.58. The summed E-state index contributed by atoms with van der Waals surface area (Å²) in [5.74, 6) is -0.141. The number of hydrogen-bond acceptors (Lipinski definition) is 1. The number of hydrogen-bond donors (Lipinski definition) is 1. The van der Waals surface area contributed by atoms with Gasteiger partial charge in [0.2, 0.25) is 0 Å². The van der Waals surface area contributed by atoms with Gasteiger partial charge in [0.15, 0.2) is 0 Å². The van der Waals surface area contributed by atoms with E-state index < -0.39 is 0 Å². The second-order valence-corrected chi connectivity index (χ2v) is 5.33. The maximum atomic E-state index is 11.9. The van der Waals surface area contributed by atoms with Crippen molar-refractivity contribution in [3.8, 4) is 0 Å². The number of rotatable bonds is 4. The van der Waals surface area contributed by atoms with Gasteiger partial charge >= 0.3 is 0 Å². The van der Waals surface area contributed by atoms with Gasteiger partial charge in [-0.25, -0.2) is 0 Å². The molecule has 0 fully saturated rings. The van der Waals surface area contributed by atoms with Crippen LogP contribution >= 0.6 is 43.5 Å². The van der Waals surface area contributed by atoms with Crippen LogP contribution in [-0.2, 0) is 0 Å². The number of carbonyl (C=O) groups is 1. The van der Waals surface area contributed by atoms with Crippen LogP contribution in [0.1, 0.15) is 23.7 Å². The van der Waals surface area contributed by atoms with E-state index in [2.05, 4.69) is 37.2 Å². The van der Waals surface area contributed by atoms with E-state index in [1.807, 2.05) is 6.92 Å². The number of carbonyl (C=O) groups excluding carboxylic acids is 1. The van der Waals surface area contributed by atoms with Crippen molar-refractivity contribution in [3.05, 3.63) is 33.3 Å². The molecule has 0 saturated heterocycles. The van der Waals surface area contributed by atoms with Crippen molar-refractivity contribution >= 4 is 49.4 Å². The Kier molecular flexibility index (Phi) is 5.79. The maximum Gasteiger partial charge on any atom is 0.253 e. The molecule has 1 aromatic carbocycles. The summed E-state index contributed by atoms with van der Waals surface area (Å²) in [6.45, 7) is 2.02. The third kappa shape index (κ3) is 3.75. The highest BCUT2D eigenvalue weighted by atomic mass is 79.9. The molecule has 0 bridgehead atoms. The first kappa shape index (κ1) is 14.0. The van der Waals surface area contributed by atoms with Crippen LogP contribution in [0.25, 0.3) is 0 Å². The Morgan fingerprint density at radius 3 is 2.81 bits per heavy atom. The van der Waals surface area contributed by atoms with E-state index >= 15 is 0 Å². The molecule has 2 nitrogen and oxygen atoms in total. The van der Waals surface area contributed by atoms with E-state index in [4.69, 9.17) is 11.6 Å². The van der Waals surface area contributed by atoms with E-state index in [-0.39, 0.29) is 11.9 Å². The zero-order chi connectivity index (χ0) is 12.1. The van der Waals surface area contributed by atoms with Crippen molar-refractivity contribution in [1.29, 1.82) is 0 Å². The van der Waals surface area contributed by atoms with Gasteiger partial charge in [-0.05, 0) is 24.6 Å². The average molecular weight is 369 g/mol. The molecule has 1 unspecified atom stereocenters. The van der Waals surface area contributed by atoms with Gasteiger partial charge in [-0.2, -0.15) is 0 Å². The van der Waals surface area contributed by atoms with Gasteiger partial charge in [-0.15, -0.1) is 0 Å². The molecule has 0 heterocycles. The number of nitrogens with one attached hydrogen (secondary N) is 1. The number of halogens is 3. The fourth-order valence-corrected chi connectivity index (χ4v) is 2.37. The van der Waals surface area contributed by atoms with Crippen molar-refractivity contribution in [3.63, 3.8) is 0 Å². The predicted molar refractivity (Wildman–Crippen MR) is 74.5 cm³/mol. The number of amides is 1. The molecule has 0 aromatic heterocycles. The Morgan fingerprint density at radius 1 is 1.56 bits per heavy atom. The van der Waals surface area contributed by atoms with Gasteiger partial charge in [0.1, 0.15) is 0 Å². The predicted octanol–water partition coefficient (Wildman–Crippen LogP) is 4.01. The summed E-state index contributed by atoms with van der Waals surface area (Å²) in [5.41, 5.74) is 0.496. The van der Waals surface area contributed by atoms with Crippen molar-refractivity contribution in [1.82, 2.24) is 5.32 Å². The van der Waals surface area contributed by atoms with E-state index in [9.17, 15) is 4.79 Å². The molecule has 1 aromatic rings. The molecule has 16 heavy (non-hydrogen) atoms. The summed E-state index contributed by atoms with van der Waals surface area (Å²) in [7, 11) is 0. The van der Waals surface area contributed by atoms with Crippen LogP contribution in [0.2, 0.25) is 5.02 Å². The Balaban J connectivity index is 2.83. The third-order valence-electron chi connectivity index (χ3n) is 2.19. The Hall–Kier alpha value is -0.0600. The van der Waals surface area contributed by atoms with Gasteiger partial charge in [0.25, 0.3) is 5.91 Å². The SMILES string of the molecule is CCC(CBr)NC(=O)c1cc(Br)ccc1Cl. The smallest absolute Gasteiger partial charge is 0.253 e. The molecule has 1 N–H and O–H groups in total. The molecule has 0 aliphatic rings. The van der Waals surface area contributed by atoms with E-state index in [0.29, 0.717) is 10.6 Å². The summed E-state index contributed by atoms with van der Waals surface area (Å²) >= 11 is 12.6. The molecule has 1 amide bonds. The summed E-state index contributed by atoms with van der Waals surface area (Å²) in [5, 5.41) is 4.11. The van der Waals surface area contributed by atoms with Crippen LogP contribution in [0.4, 0.5) is 0 Å². The minimum Gasteiger partial charge on any atom is -0.348 e. The molecule has 1 atom stereocenters. The minimum atomic E-state index is -0.141. The quantitative estimate of drug-likeness (QED) is 0.799.